The summed E-state index contributed by atoms with van der Waals surface area (Å²) in [5, 5.41) is 0. The van der Waals surface area contributed by atoms with E-state index in [1.54, 1.807) is 6.92 Å². The van der Waals surface area contributed by atoms with Gasteiger partial charge in [0.25, 0.3) is 0 Å². The van der Waals surface area contributed by atoms with E-state index in [9.17, 15) is 9.18 Å². The van der Waals surface area contributed by atoms with Crippen LogP contribution >= 0.6 is 0 Å². The summed E-state index contributed by atoms with van der Waals surface area (Å²) in [6, 6.07) is 2.36. The highest BCUT2D eigenvalue weighted by Crippen LogP contribution is 2.28. The third-order valence-corrected chi connectivity index (χ3v) is 3.39. The Kier molecular flexibility index (Phi) is 5.06. The van der Waals surface area contributed by atoms with E-state index in [1.165, 1.54) is 12.1 Å². The van der Waals surface area contributed by atoms with Crippen LogP contribution in [0.1, 0.15) is 43.4 Å². The standard InChI is InChI=1S/C15H22FNO2/c1-8-6-13(16)7-9(2)14(8)10(3)12(5)19-15(18)11(4)17/h6-7,10-12H,17H2,1-5H3/t10-,11+,12+/m1/s1. The topological polar surface area (TPSA) is 52.3 Å². The lowest BCUT2D eigenvalue weighted by molar-refractivity contribution is -0.150. The summed E-state index contributed by atoms with van der Waals surface area (Å²) in [5.74, 6) is -0.675. The minimum atomic E-state index is -0.634. The van der Waals surface area contributed by atoms with E-state index in [4.69, 9.17) is 10.5 Å². The third-order valence-electron chi connectivity index (χ3n) is 3.39. The van der Waals surface area contributed by atoms with Crippen LogP contribution in [0.15, 0.2) is 12.1 Å². The molecule has 0 spiro atoms. The number of esters is 1. The Hall–Kier alpha value is -1.42. The Morgan fingerprint density at radius 1 is 1.21 bits per heavy atom. The molecule has 0 heterocycles. The van der Waals surface area contributed by atoms with Crippen molar-refractivity contribution in [2.75, 3.05) is 0 Å². The number of carbonyl (C=O) groups is 1. The van der Waals surface area contributed by atoms with Gasteiger partial charge in [0.15, 0.2) is 0 Å². The van der Waals surface area contributed by atoms with Crippen LogP contribution in [-0.2, 0) is 9.53 Å². The molecule has 0 aliphatic heterocycles. The average Bonchev–Trinajstić information content (AvgIpc) is 2.26. The van der Waals surface area contributed by atoms with Crippen LogP contribution in [0.3, 0.4) is 0 Å². The van der Waals surface area contributed by atoms with Gasteiger partial charge in [0.1, 0.15) is 18.0 Å². The number of hydrogen-bond donors (Lipinski definition) is 1. The van der Waals surface area contributed by atoms with Crippen molar-refractivity contribution >= 4 is 5.97 Å². The molecule has 106 valence electrons. The Morgan fingerprint density at radius 3 is 2.11 bits per heavy atom. The fourth-order valence-electron chi connectivity index (χ4n) is 2.27. The first-order valence-electron chi connectivity index (χ1n) is 6.46. The van der Waals surface area contributed by atoms with E-state index in [1.807, 2.05) is 27.7 Å². The molecule has 3 atom stereocenters. The van der Waals surface area contributed by atoms with E-state index >= 15 is 0 Å². The number of carbonyl (C=O) groups excluding carboxylic acids is 1. The molecule has 0 aliphatic rings. The number of hydrogen-bond acceptors (Lipinski definition) is 3. The number of aryl methyl sites for hydroxylation is 2. The van der Waals surface area contributed by atoms with Gasteiger partial charge in [-0.3, -0.25) is 4.79 Å². The van der Waals surface area contributed by atoms with Crippen LogP contribution in [0.5, 0.6) is 0 Å². The minimum absolute atomic E-state index is 0.0108. The van der Waals surface area contributed by atoms with Crippen molar-refractivity contribution < 1.29 is 13.9 Å². The maximum Gasteiger partial charge on any atom is 0.322 e. The summed E-state index contributed by atoms with van der Waals surface area (Å²) in [5.41, 5.74) is 8.24. The second-order valence-electron chi connectivity index (χ2n) is 5.17. The van der Waals surface area contributed by atoms with Crippen LogP contribution in [0.2, 0.25) is 0 Å². The van der Waals surface area contributed by atoms with Gasteiger partial charge in [-0.05, 0) is 56.5 Å². The van der Waals surface area contributed by atoms with Crippen molar-refractivity contribution in [3.8, 4) is 0 Å². The monoisotopic (exact) mass is 267 g/mol. The van der Waals surface area contributed by atoms with E-state index < -0.39 is 12.0 Å². The molecule has 1 aromatic carbocycles. The summed E-state index contributed by atoms with van der Waals surface area (Å²) in [6.45, 7) is 9.11. The number of ether oxygens (including phenoxy) is 1. The summed E-state index contributed by atoms with van der Waals surface area (Å²) in [7, 11) is 0. The molecule has 0 unspecified atom stereocenters. The van der Waals surface area contributed by atoms with Crippen molar-refractivity contribution in [1.29, 1.82) is 0 Å². The summed E-state index contributed by atoms with van der Waals surface area (Å²) in [6.07, 6.45) is -0.304. The zero-order chi connectivity index (χ0) is 14.7. The van der Waals surface area contributed by atoms with Gasteiger partial charge < -0.3 is 10.5 Å². The van der Waals surface area contributed by atoms with Crippen molar-refractivity contribution in [2.45, 2.75) is 52.7 Å². The zero-order valence-electron chi connectivity index (χ0n) is 12.2. The number of rotatable bonds is 4. The quantitative estimate of drug-likeness (QED) is 0.853. The van der Waals surface area contributed by atoms with E-state index in [0.29, 0.717) is 0 Å². The van der Waals surface area contributed by atoms with Crippen molar-refractivity contribution in [3.05, 3.63) is 34.6 Å². The highest BCUT2D eigenvalue weighted by Gasteiger charge is 2.23. The second-order valence-corrected chi connectivity index (χ2v) is 5.17. The number of nitrogens with two attached hydrogens (primary N) is 1. The van der Waals surface area contributed by atoms with Crippen LogP contribution in [0, 0.1) is 19.7 Å². The Morgan fingerprint density at radius 2 is 1.68 bits per heavy atom. The van der Waals surface area contributed by atoms with Crippen LogP contribution in [-0.4, -0.2) is 18.1 Å². The first-order chi connectivity index (χ1) is 8.73. The molecule has 0 amide bonds. The molecule has 19 heavy (non-hydrogen) atoms. The van der Waals surface area contributed by atoms with Crippen LogP contribution in [0.4, 0.5) is 4.39 Å². The Bertz CT molecular complexity index is 448. The van der Waals surface area contributed by atoms with Gasteiger partial charge >= 0.3 is 5.97 Å². The predicted octanol–water partition coefficient (Wildman–Crippen LogP) is 2.82. The molecular weight excluding hydrogens is 245 g/mol. The number of benzene rings is 1. The molecule has 3 nitrogen and oxygen atoms in total. The molecule has 0 radical (unpaired) electrons. The Balaban J connectivity index is 2.94. The second kappa shape index (κ2) is 6.15. The maximum absolute atomic E-state index is 13.3. The van der Waals surface area contributed by atoms with Gasteiger partial charge in [-0.1, -0.05) is 6.92 Å². The summed E-state index contributed by atoms with van der Waals surface area (Å²) >= 11 is 0. The lowest BCUT2D eigenvalue weighted by Gasteiger charge is -2.24. The fraction of sp³-hybridized carbons (Fsp3) is 0.533. The molecule has 4 heteroatoms. The zero-order valence-corrected chi connectivity index (χ0v) is 12.2. The van der Waals surface area contributed by atoms with Crippen molar-refractivity contribution in [1.82, 2.24) is 0 Å². The first kappa shape index (κ1) is 15.6. The largest absolute Gasteiger partial charge is 0.461 e. The smallest absolute Gasteiger partial charge is 0.322 e. The number of halogens is 1. The maximum atomic E-state index is 13.3. The van der Waals surface area contributed by atoms with Crippen molar-refractivity contribution in [2.24, 2.45) is 5.73 Å². The average molecular weight is 267 g/mol. The molecule has 0 aliphatic carbocycles. The van der Waals surface area contributed by atoms with Gasteiger partial charge in [-0.2, -0.15) is 0 Å². The third kappa shape index (κ3) is 3.77. The van der Waals surface area contributed by atoms with Gasteiger partial charge in [0.2, 0.25) is 0 Å². The normalized spacial score (nSPS) is 15.7. The SMILES string of the molecule is Cc1cc(F)cc(C)c1[C@H](C)[C@H](C)OC(=O)[C@H](C)N. The highest BCUT2D eigenvalue weighted by atomic mass is 19.1. The van der Waals surface area contributed by atoms with Gasteiger partial charge in [0.05, 0.1) is 0 Å². The lowest BCUT2D eigenvalue weighted by atomic mass is 9.88. The molecular formula is C15H22FNO2. The highest BCUT2D eigenvalue weighted by molar-refractivity contribution is 5.75. The molecule has 2 N–H and O–H groups in total. The van der Waals surface area contributed by atoms with Crippen LogP contribution < -0.4 is 5.73 Å². The first-order valence-corrected chi connectivity index (χ1v) is 6.46. The minimum Gasteiger partial charge on any atom is -0.461 e. The molecule has 0 saturated carbocycles. The molecule has 1 aromatic rings. The van der Waals surface area contributed by atoms with Gasteiger partial charge in [-0.25, -0.2) is 4.39 Å². The van der Waals surface area contributed by atoms with Crippen LogP contribution in [0.25, 0.3) is 0 Å². The Labute approximate surface area is 113 Å². The molecule has 0 saturated heterocycles. The lowest BCUT2D eigenvalue weighted by Crippen LogP contribution is -2.33. The molecule has 0 fully saturated rings. The van der Waals surface area contributed by atoms with Gasteiger partial charge in [0, 0.05) is 5.92 Å². The van der Waals surface area contributed by atoms with E-state index in [0.717, 1.165) is 16.7 Å². The predicted molar refractivity (Wildman–Crippen MR) is 73.5 cm³/mol. The van der Waals surface area contributed by atoms with E-state index in [-0.39, 0.29) is 17.8 Å². The van der Waals surface area contributed by atoms with Gasteiger partial charge in [-0.15, -0.1) is 0 Å². The molecule has 1 rings (SSSR count). The summed E-state index contributed by atoms with van der Waals surface area (Å²) < 4.78 is 18.6. The van der Waals surface area contributed by atoms with E-state index in [2.05, 4.69) is 0 Å². The molecule has 0 aromatic heterocycles. The molecule has 0 bridgehead atoms. The fourth-order valence-corrected chi connectivity index (χ4v) is 2.27. The summed E-state index contributed by atoms with van der Waals surface area (Å²) in [4.78, 5) is 11.5. The van der Waals surface area contributed by atoms with Crippen molar-refractivity contribution in [3.63, 3.8) is 0 Å².